The molecule has 0 aliphatic heterocycles. The highest BCUT2D eigenvalue weighted by molar-refractivity contribution is 9.10. The van der Waals surface area contributed by atoms with Crippen molar-refractivity contribution >= 4 is 39.1 Å². The van der Waals surface area contributed by atoms with E-state index < -0.39 is 17.8 Å². The number of carbonyl (C=O) groups is 1. The zero-order chi connectivity index (χ0) is 23.9. The smallest absolute Gasteiger partial charge is 0.334 e. The van der Waals surface area contributed by atoms with E-state index in [-0.39, 0.29) is 23.6 Å². The first-order valence-electron chi connectivity index (χ1n) is 9.78. The van der Waals surface area contributed by atoms with E-state index >= 15 is 0 Å². The number of fused-ring (bicyclic) bond motifs is 1. The van der Waals surface area contributed by atoms with Gasteiger partial charge in [0.15, 0.2) is 17.0 Å². The number of alkyl halides is 3. The van der Waals surface area contributed by atoms with Crippen LogP contribution in [-0.2, 0) is 19.3 Å². The second kappa shape index (κ2) is 8.79. The van der Waals surface area contributed by atoms with E-state index in [0.29, 0.717) is 21.6 Å². The molecule has 33 heavy (non-hydrogen) atoms. The molecule has 4 rings (SSSR count). The zero-order valence-electron chi connectivity index (χ0n) is 17.4. The Kier molecular flexibility index (Phi) is 6.19. The molecule has 3 heterocycles. The van der Waals surface area contributed by atoms with Crippen LogP contribution >= 0.6 is 27.5 Å². The number of aromatic nitrogens is 5. The van der Waals surface area contributed by atoms with E-state index in [0.717, 1.165) is 16.2 Å². The number of aryl methyl sites for hydroxylation is 1. The van der Waals surface area contributed by atoms with Gasteiger partial charge in [-0.25, -0.2) is 9.50 Å². The highest BCUT2D eigenvalue weighted by Gasteiger charge is 2.36. The standard InChI is InChI=1S/C21H17BrClF3N6O/c1-3-31-17(14(22)10-27-31)11-30(2)20(33)16-9-19-28-15(12-4-6-13(23)7-5-12)8-18(21(24,25)26)32(19)29-16/h4-10H,3,11H2,1-2H3. The third-order valence-corrected chi connectivity index (χ3v) is 5.92. The van der Waals surface area contributed by atoms with Crippen molar-refractivity contribution in [3.8, 4) is 11.3 Å². The number of benzene rings is 1. The van der Waals surface area contributed by atoms with E-state index in [1.807, 2.05) is 6.92 Å². The molecule has 12 heteroatoms. The first-order valence-corrected chi connectivity index (χ1v) is 10.9. The van der Waals surface area contributed by atoms with Gasteiger partial charge in [0, 0.05) is 30.2 Å². The van der Waals surface area contributed by atoms with Crippen molar-refractivity contribution in [2.24, 2.45) is 0 Å². The minimum absolute atomic E-state index is 0.0914. The van der Waals surface area contributed by atoms with Gasteiger partial charge in [0.05, 0.1) is 28.6 Å². The highest BCUT2D eigenvalue weighted by Crippen LogP contribution is 2.32. The Morgan fingerprint density at radius 3 is 2.55 bits per heavy atom. The molecule has 0 bridgehead atoms. The molecule has 0 aliphatic rings. The number of halogens is 5. The van der Waals surface area contributed by atoms with Gasteiger partial charge >= 0.3 is 6.18 Å². The Morgan fingerprint density at radius 1 is 1.21 bits per heavy atom. The van der Waals surface area contributed by atoms with Gasteiger partial charge in [-0.3, -0.25) is 9.48 Å². The summed E-state index contributed by atoms with van der Waals surface area (Å²) in [6, 6.07) is 8.43. The van der Waals surface area contributed by atoms with Crippen molar-refractivity contribution in [1.82, 2.24) is 29.3 Å². The van der Waals surface area contributed by atoms with Crippen LogP contribution in [0.25, 0.3) is 16.9 Å². The zero-order valence-corrected chi connectivity index (χ0v) is 19.8. The second-order valence-electron chi connectivity index (χ2n) is 7.25. The summed E-state index contributed by atoms with van der Waals surface area (Å²) in [4.78, 5) is 18.6. The quantitative estimate of drug-likeness (QED) is 0.343. The molecule has 172 valence electrons. The molecule has 3 aromatic heterocycles. The number of hydrogen-bond donors (Lipinski definition) is 0. The lowest BCUT2D eigenvalue weighted by Gasteiger charge is -2.17. The molecule has 0 saturated carbocycles. The van der Waals surface area contributed by atoms with Crippen molar-refractivity contribution in [2.45, 2.75) is 26.2 Å². The number of rotatable bonds is 5. The molecule has 0 aliphatic carbocycles. The summed E-state index contributed by atoms with van der Waals surface area (Å²) in [5.74, 6) is -0.544. The maximum atomic E-state index is 13.8. The summed E-state index contributed by atoms with van der Waals surface area (Å²) in [5, 5.41) is 8.59. The molecule has 4 aromatic rings. The fourth-order valence-electron chi connectivity index (χ4n) is 3.36. The Labute approximate surface area is 199 Å². The number of amides is 1. The van der Waals surface area contributed by atoms with Gasteiger partial charge in [-0.05, 0) is 41.1 Å². The summed E-state index contributed by atoms with van der Waals surface area (Å²) >= 11 is 9.28. The third kappa shape index (κ3) is 4.60. The van der Waals surface area contributed by atoms with Crippen molar-refractivity contribution in [3.63, 3.8) is 0 Å². The normalized spacial score (nSPS) is 11.8. The fourth-order valence-corrected chi connectivity index (χ4v) is 3.91. The van der Waals surface area contributed by atoms with E-state index in [1.54, 1.807) is 42.2 Å². The molecule has 0 atom stereocenters. The van der Waals surface area contributed by atoms with Crippen LogP contribution in [0.4, 0.5) is 13.2 Å². The van der Waals surface area contributed by atoms with E-state index in [2.05, 4.69) is 31.1 Å². The van der Waals surface area contributed by atoms with Gasteiger partial charge in [0.25, 0.3) is 5.91 Å². The summed E-state index contributed by atoms with van der Waals surface area (Å²) < 4.78 is 44.5. The van der Waals surface area contributed by atoms with Gasteiger partial charge < -0.3 is 4.90 Å². The Morgan fingerprint density at radius 2 is 1.91 bits per heavy atom. The van der Waals surface area contributed by atoms with Gasteiger partial charge in [-0.1, -0.05) is 23.7 Å². The van der Waals surface area contributed by atoms with E-state index in [4.69, 9.17) is 11.6 Å². The average molecular weight is 542 g/mol. The van der Waals surface area contributed by atoms with E-state index in [9.17, 15) is 18.0 Å². The summed E-state index contributed by atoms with van der Waals surface area (Å²) in [6.45, 7) is 2.70. The number of nitrogens with zero attached hydrogens (tertiary/aromatic N) is 6. The molecular formula is C21H17BrClF3N6O. The Hall–Kier alpha value is -2.92. The van der Waals surface area contributed by atoms with Crippen molar-refractivity contribution in [2.75, 3.05) is 7.05 Å². The Balaban J connectivity index is 1.74. The first-order chi connectivity index (χ1) is 15.6. The van der Waals surface area contributed by atoms with Crippen LogP contribution in [0, 0.1) is 0 Å². The molecule has 0 radical (unpaired) electrons. The summed E-state index contributed by atoms with van der Waals surface area (Å²) in [5.41, 5.74) is 0.0294. The van der Waals surface area contributed by atoms with Gasteiger partial charge in [0.2, 0.25) is 0 Å². The van der Waals surface area contributed by atoms with Gasteiger partial charge in [-0.15, -0.1) is 0 Å². The SMILES string of the molecule is CCn1ncc(Br)c1CN(C)C(=O)c1cc2nc(-c3ccc(Cl)cc3)cc(C(F)(F)F)n2n1. The largest absolute Gasteiger partial charge is 0.433 e. The van der Waals surface area contributed by atoms with Crippen LogP contribution in [0.5, 0.6) is 0 Å². The first kappa shape index (κ1) is 23.2. The average Bonchev–Trinajstić information content (AvgIpc) is 3.35. The van der Waals surface area contributed by atoms with Crippen molar-refractivity contribution in [3.05, 3.63) is 69.2 Å². The maximum absolute atomic E-state index is 13.8. The molecule has 0 unspecified atom stereocenters. The lowest BCUT2D eigenvalue weighted by molar-refractivity contribution is -0.142. The molecule has 1 aromatic carbocycles. The van der Waals surface area contributed by atoms with Crippen LogP contribution in [0.2, 0.25) is 5.02 Å². The fraction of sp³-hybridized carbons (Fsp3) is 0.238. The second-order valence-corrected chi connectivity index (χ2v) is 8.54. The predicted octanol–water partition coefficient (Wildman–Crippen LogP) is 5.32. The lowest BCUT2D eigenvalue weighted by atomic mass is 10.1. The number of hydrogen-bond acceptors (Lipinski definition) is 4. The molecule has 0 N–H and O–H groups in total. The van der Waals surface area contributed by atoms with Gasteiger partial charge in [0.1, 0.15) is 0 Å². The minimum atomic E-state index is -4.71. The van der Waals surface area contributed by atoms with Crippen molar-refractivity contribution in [1.29, 1.82) is 0 Å². The molecule has 1 amide bonds. The van der Waals surface area contributed by atoms with Crippen LogP contribution in [-0.4, -0.2) is 42.2 Å². The molecule has 0 spiro atoms. The molecular weight excluding hydrogens is 525 g/mol. The topological polar surface area (TPSA) is 68.3 Å². The van der Waals surface area contributed by atoms with E-state index in [1.165, 1.54) is 11.0 Å². The van der Waals surface area contributed by atoms with Crippen LogP contribution in [0.1, 0.15) is 28.8 Å². The van der Waals surface area contributed by atoms with Crippen LogP contribution in [0.3, 0.4) is 0 Å². The molecule has 0 fully saturated rings. The maximum Gasteiger partial charge on any atom is 0.433 e. The number of carbonyl (C=O) groups excluding carboxylic acids is 1. The minimum Gasteiger partial charge on any atom is -0.334 e. The molecule has 0 saturated heterocycles. The van der Waals surface area contributed by atoms with Crippen LogP contribution < -0.4 is 0 Å². The Bertz CT molecular complexity index is 1330. The highest BCUT2D eigenvalue weighted by atomic mass is 79.9. The summed E-state index contributed by atoms with van der Waals surface area (Å²) in [6.07, 6.45) is -3.08. The third-order valence-electron chi connectivity index (χ3n) is 5.01. The van der Waals surface area contributed by atoms with Crippen molar-refractivity contribution < 1.29 is 18.0 Å². The summed E-state index contributed by atoms with van der Waals surface area (Å²) in [7, 11) is 1.54. The predicted molar refractivity (Wildman–Crippen MR) is 120 cm³/mol. The van der Waals surface area contributed by atoms with Crippen LogP contribution in [0.15, 0.2) is 47.1 Å². The monoisotopic (exact) mass is 540 g/mol. The van der Waals surface area contributed by atoms with Gasteiger partial charge in [-0.2, -0.15) is 23.4 Å². The lowest BCUT2D eigenvalue weighted by Crippen LogP contribution is -2.28. The molecule has 7 nitrogen and oxygen atoms in total.